The van der Waals surface area contributed by atoms with E-state index in [-0.39, 0.29) is 0 Å². The molecule has 0 saturated heterocycles. The number of carbonyl (C=O) groups excluding carboxylic acids is 1. The van der Waals surface area contributed by atoms with Crippen molar-refractivity contribution in [3.8, 4) is 0 Å². The van der Waals surface area contributed by atoms with Gasteiger partial charge >= 0.3 is 5.97 Å². The number of alkyl halides is 1. The normalized spacial score (nSPS) is 14.4. The minimum Gasteiger partial charge on any atom is -0.466 e. The summed E-state index contributed by atoms with van der Waals surface area (Å²) in [4.78, 5) is 11.3. The Morgan fingerprint density at radius 1 is 1.47 bits per heavy atom. The molecule has 1 rings (SSSR count). The van der Waals surface area contributed by atoms with Crippen LogP contribution in [0.25, 0.3) is 0 Å². The standard InChI is InChI=1S/C12H15FO2/c1-4-9-7-5-6-8-10(9)12(2,13)11(14)15-3/h5-8H,4H2,1-3H3. The topological polar surface area (TPSA) is 26.3 Å². The van der Waals surface area contributed by atoms with Crippen molar-refractivity contribution in [2.75, 3.05) is 7.11 Å². The summed E-state index contributed by atoms with van der Waals surface area (Å²) in [6, 6.07) is 6.98. The molecule has 1 aromatic rings. The molecule has 0 aliphatic carbocycles. The van der Waals surface area contributed by atoms with Gasteiger partial charge in [-0.05, 0) is 18.9 Å². The van der Waals surface area contributed by atoms with Crippen molar-refractivity contribution in [1.29, 1.82) is 0 Å². The zero-order chi connectivity index (χ0) is 11.5. The van der Waals surface area contributed by atoms with Gasteiger partial charge in [-0.1, -0.05) is 31.2 Å². The minimum absolute atomic E-state index is 0.388. The summed E-state index contributed by atoms with van der Waals surface area (Å²) >= 11 is 0. The molecule has 0 aliphatic heterocycles. The predicted octanol–water partition coefficient (Wildman–Crippen LogP) is 2.61. The van der Waals surface area contributed by atoms with Crippen LogP contribution in [0.15, 0.2) is 24.3 Å². The Morgan fingerprint density at radius 2 is 2.07 bits per heavy atom. The summed E-state index contributed by atoms with van der Waals surface area (Å²) in [5, 5.41) is 0. The lowest BCUT2D eigenvalue weighted by Crippen LogP contribution is -2.29. The van der Waals surface area contributed by atoms with Crippen molar-refractivity contribution in [3.05, 3.63) is 35.4 Å². The molecule has 0 bridgehead atoms. The van der Waals surface area contributed by atoms with Crippen LogP contribution in [0.2, 0.25) is 0 Å². The molecule has 0 amide bonds. The van der Waals surface area contributed by atoms with E-state index in [9.17, 15) is 9.18 Å². The molecule has 1 atom stereocenters. The summed E-state index contributed by atoms with van der Waals surface area (Å²) in [7, 11) is 1.19. The SMILES string of the molecule is CCc1ccccc1C(C)(F)C(=O)OC. The molecule has 0 aliphatic rings. The average molecular weight is 210 g/mol. The van der Waals surface area contributed by atoms with Gasteiger partial charge in [-0.15, -0.1) is 0 Å². The summed E-state index contributed by atoms with van der Waals surface area (Å²) in [5.41, 5.74) is -0.853. The van der Waals surface area contributed by atoms with Gasteiger partial charge in [0.15, 0.2) is 0 Å². The van der Waals surface area contributed by atoms with Gasteiger partial charge in [0.1, 0.15) is 0 Å². The highest BCUT2D eigenvalue weighted by Crippen LogP contribution is 2.29. The second kappa shape index (κ2) is 4.43. The Bertz CT molecular complexity index is 358. The molecule has 0 aromatic heterocycles. The lowest BCUT2D eigenvalue weighted by Gasteiger charge is -2.20. The molecule has 0 radical (unpaired) electrons. The summed E-state index contributed by atoms with van der Waals surface area (Å²) in [6.45, 7) is 3.15. The van der Waals surface area contributed by atoms with Crippen LogP contribution >= 0.6 is 0 Å². The van der Waals surface area contributed by atoms with Crippen molar-refractivity contribution in [1.82, 2.24) is 0 Å². The first-order chi connectivity index (χ1) is 7.04. The molecule has 82 valence electrons. The van der Waals surface area contributed by atoms with E-state index in [1.807, 2.05) is 19.1 Å². The molecule has 2 nitrogen and oxygen atoms in total. The molecule has 0 spiro atoms. The van der Waals surface area contributed by atoms with E-state index in [2.05, 4.69) is 4.74 Å². The van der Waals surface area contributed by atoms with E-state index in [4.69, 9.17) is 0 Å². The third-order valence-electron chi connectivity index (χ3n) is 2.47. The van der Waals surface area contributed by atoms with Crippen LogP contribution in [0, 0.1) is 0 Å². The predicted molar refractivity (Wildman–Crippen MR) is 56.3 cm³/mol. The van der Waals surface area contributed by atoms with E-state index in [1.165, 1.54) is 14.0 Å². The number of aryl methyl sites for hydroxylation is 1. The van der Waals surface area contributed by atoms with Crippen LogP contribution in [0.5, 0.6) is 0 Å². The van der Waals surface area contributed by atoms with Gasteiger partial charge in [-0.2, -0.15) is 0 Å². The van der Waals surface area contributed by atoms with Crippen LogP contribution in [-0.4, -0.2) is 13.1 Å². The number of carbonyl (C=O) groups is 1. The maximum absolute atomic E-state index is 14.2. The van der Waals surface area contributed by atoms with Gasteiger partial charge in [0.2, 0.25) is 5.67 Å². The lowest BCUT2D eigenvalue weighted by molar-refractivity contribution is -0.154. The van der Waals surface area contributed by atoms with Crippen LogP contribution in [0.3, 0.4) is 0 Å². The maximum Gasteiger partial charge on any atom is 0.348 e. The molecular weight excluding hydrogens is 195 g/mol. The minimum atomic E-state index is -2.07. The monoisotopic (exact) mass is 210 g/mol. The van der Waals surface area contributed by atoms with E-state index >= 15 is 0 Å². The number of hydrogen-bond donors (Lipinski definition) is 0. The molecule has 0 N–H and O–H groups in total. The third kappa shape index (κ3) is 2.17. The van der Waals surface area contributed by atoms with Crippen molar-refractivity contribution in [2.24, 2.45) is 0 Å². The van der Waals surface area contributed by atoms with Gasteiger partial charge in [-0.3, -0.25) is 0 Å². The summed E-state index contributed by atoms with van der Waals surface area (Å²) in [6.07, 6.45) is 0.687. The Morgan fingerprint density at radius 3 is 2.60 bits per heavy atom. The zero-order valence-electron chi connectivity index (χ0n) is 9.21. The lowest BCUT2D eigenvalue weighted by atomic mass is 9.92. The van der Waals surface area contributed by atoms with Crippen LogP contribution in [-0.2, 0) is 21.6 Å². The molecule has 15 heavy (non-hydrogen) atoms. The number of esters is 1. The van der Waals surface area contributed by atoms with Gasteiger partial charge < -0.3 is 4.74 Å². The first kappa shape index (κ1) is 11.7. The Balaban J connectivity index is 3.19. The summed E-state index contributed by atoms with van der Waals surface area (Å²) < 4.78 is 18.6. The first-order valence-corrected chi connectivity index (χ1v) is 4.89. The third-order valence-corrected chi connectivity index (χ3v) is 2.47. The smallest absolute Gasteiger partial charge is 0.348 e. The molecule has 0 fully saturated rings. The molecule has 0 saturated carbocycles. The highest BCUT2D eigenvalue weighted by molar-refractivity contribution is 5.81. The van der Waals surface area contributed by atoms with Crippen molar-refractivity contribution in [2.45, 2.75) is 25.9 Å². The fraction of sp³-hybridized carbons (Fsp3) is 0.417. The Labute approximate surface area is 89.1 Å². The van der Waals surface area contributed by atoms with Crippen molar-refractivity contribution in [3.63, 3.8) is 0 Å². The number of halogens is 1. The number of hydrogen-bond acceptors (Lipinski definition) is 2. The number of benzene rings is 1. The second-order valence-corrected chi connectivity index (χ2v) is 3.51. The Hall–Kier alpha value is -1.38. The summed E-state index contributed by atoms with van der Waals surface area (Å²) in [5.74, 6) is -0.858. The maximum atomic E-state index is 14.2. The fourth-order valence-electron chi connectivity index (χ4n) is 1.59. The highest BCUT2D eigenvalue weighted by Gasteiger charge is 2.37. The molecule has 3 heteroatoms. The number of methoxy groups -OCH3 is 1. The largest absolute Gasteiger partial charge is 0.466 e. The fourth-order valence-corrected chi connectivity index (χ4v) is 1.59. The highest BCUT2D eigenvalue weighted by atomic mass is 19.1. The molecule has 1 aromatic carbocycles. The van der Waals surface area contributed by atoms with E-state index in [0.717, 1.165) is 5.56 Å². The second-order valence-electron chi connectivity index (χ2n) is 3.51. The molecule has 0 heterocycles. The van der Waals surface area contributed by atoms with Crippen LogP contribution in [0.1, 0.15) is 25.0 Å². The first-order valence-electron chi connectivity index (χ1n) is 4.89. The van der Waals surface area contributed by atoms with Gasteiger partial charge in [0, 0.05) is 5.56 Å². The van der Waals surface area contributed by atoms with Crippen molar-refractivity contribution < 1.29 is 13.9 Å². The average Bonchev–Trinajstić information content (AvgIpc) is 2.27. The van der Waals surface area contributed by atoms with Gasteiger partial charge in [-0.25, -0.2) is 9.18 Å². The molecular formula is C12H15FO2. The van der Waals surface area contributed by atoms with E-state index in [0.29, 0.717) is 12.0 Å². The number of ether oxygens (including phenoxy) is 1. The van der Waals surface area contributed by atoms with Gasteiger partial charge in [0.05, 0.1) is 7.11 Å². The van der Waals surface area contributed by atoms with Crippen LogP contribution in [0.4, 0.5) is 4.39 Å². The molecule has 1 unspecified atom stereocenters. The quantitative estimate of drug-likeness (QED) is 0.717. The van der Waals surface area contributed by atoms with E-state index in [1.54, 1.807) is 12.1 Å². The Kier molecular flexibility index (Phi) is 3.45. The van der Waals surface area contributed by atoms with Crippen LogP contribution < -0.4 is 0 Å². The van der Waals surface area contributed by atoms with E-state index < -0.39 is 11.6 Å². The zero-order valence-corrected chi connectivity index (χ0v) is 9.21. The van der Waals surface area contributed by atoms with Gasteiger partial charge in [0.25, 0.3) is 0 Å². The number of rotatable bonds is 3. The van der Waals surface area contributed by atoms with Crippen molar-refractivity contribution >= 4 is 5.97 Å².